The second-order valence-corrected chi connectivity index (χ2v) is 22.7. The fourth-order valence-electron chi connectivity index (χ4n) is 13.7. The quantitative estimate of drug-likeness (QED) is 0.146. The summed E-state index contributed by atoms with van der Waals surface area (Å²) < 4.78 is 160. The normalized spacial score (nSPS) is 38.3. The third-order valence-corrected chi connectivity index (χ3v) is 20.7. The number of carbonyl (C=O) groups is 3. The van der Waals surface area contributed by atoms with E-state index in [-0.39, 0.29) is 55.6 Å². The lowest BCUT2D eigenvalue weighted by Gasteiger charge is -2.08. The summed E-state index contributed by atoms with van der Waals surface area (Å²) in [4.78, 5) is 38.2. The summed E-state index contributed by atoms with van der Waals surface area (Å²) in [5, 5.41) is 0. The summed E-state index contributed by atoms with van der Waals surface area (Å²) in [7, 11) is 0. The van der Waals surface area contributed by atoms with Crippen LogP contribution in [0.25, 0.3) is 0 Å². The van der Waals surface area contributed by atoms with Crippen LogP contribution in [-0.4, -0.2) is 41.1 Å². The number of nitrogens with one attached hydrogen (secondary N) is 1. The molecule has 1 amide bonds. The second-order valence-electron chi connectivity index (χ2n) is 22.7. The number of esters is 1. The smallest absolute Gasteiger partial charge is 0.306 e. The molecule has 4 aliphatic heterocycles. The van der Waals surface area contributed by atoms with Gasteiger partial charge in [-0.2, -0.15) is 0 Å². The summed E-state index contributed by atoms with van der Waals surface area (Å²) in [5.74, 6) is 11.1. The zero-order chi connectivity index (χ0) is 63.0. The maximum atomic E-state index is 11.5. The van der Waals surface area contributed by atoms with Crippen LogP contribution < -0.4 is 5.48 Å². The van der Waals surface area contributed by atoms with Crippen molar-refractivity contribution in [2.75, 3.05) is 6.61 Å². The van der Waals surface area contributed by atoms with E-state index in [0.717, 1.165) is 90.3 Å². The fourth-order valence-corrected chi connectivity index (χ4v) is 13.7. The van der Waals surface area contributed by atoms with Gasteiger partial charge in [-0.05, 0) is 91.3 Å². The van der Waals surface area contributed by atoms with Crippen molar-refractivity contribution in [3.63, 3.8) is 0 Å². The van der Waals surface area contributed by atoms with Gasteiger partial charge in [0, 0.05) is 143 Å². The van der Waals surface area contributed by atoms with Crippen LogP contribution >= 0.6 is 0 Å². The van der Waals surface area contributed by atoms with Crippen molar-refractivity contribution in [3.05, 3.63) is 49.0 Å². The number of allylic oxidation sites excluding steroid dienone is 4. The maximum Gasteiger partial charge on any atom is 0.306 e. The second kappa shape index (κ2) is 40.9. The van der Waals surface area contributed by atoms with Crippen LogP contribution in [0, 0.1) is 87.3 Å². The van der Waals surface area contributed by atoms with E-state index >= 15 is 0 Å². The number of rotatable bonds is 0. The first-order chi connectivity index (χ1) is 37.4. The third-order valence-electron chi connectivity index (χ3n) is 20.7. The number of hydroxylamine groups is 1. The highest BCUT2D eigenvalue weighted by atomic mass is 20.0. The molecule has 4 saturated heterocycles. The predicted molar refractivity (Wildman–Crippen MR) is 274 cm³/mol. The van der Waals surface area contributed by atoms with Crippen LogP contribution in [0.5, 0.6) is 0 Å². The van der Waals surface area contributed by atoms with E-state index in [0.29, 0.717) is 66.0 Å². The number of amides is 1. The molecule has 8 saturated carbocycles. The largest absolute Gasteiger partial charge is 0.498 e. The Morgan fingerprint density at radius 2 is 0.783 bits per heavy atom. The van der Waals surface area contributed by atoms with Gasteiger partial charge in [0.15, 0.2) is 0 Å². The standard InChI is InChI=1S/C10H14O.C10H16.2C9H14O.C8H12O2.C7H11NO2.CH4.9F2.3FH/c1-6-4-9(11)10(5-6)7(2)8(10)3;1-7-4-5-10(6-7)8(2)9(10)3;1-6-4-9(5-10-6)7(2)8(9)3;1-6-4-5-9(10-6)7(2)8(9)3;1-5-6(2)8(5)4-3-7(9)10-8;1-4-5(2)7(4)3-6(9)8-10-7;;9*1-2;;;/h7-8H,1,4-5H2,2-3H3;8-9H,1,4-6H2,2-3H3;2*7-8H,1,4-5H2,2-3H3;5-6H,3-4H2,1-2H3;4-5H,3H2,1-2H3,(H,8,9);1H4;;;;;;;;;;3*1H. The minimum Gasteiger partial charge on any atom is -0.498 e. The monoisotopic (exact) mass is 1260 g/mol. The Labute approximate surface area is 473 Å². The molecule has 29 heteroatoms. The number of ether oxygens (including phenoxy) is 3. The van der Waals surface area contributed by atoms with Gasteiger partial charge in [0.2, 0.25) is 5.91 Å². The summed E-state index contributed by atoms with van der Waals surface area (Å²) in [6, 6.07) is 0. The minimum absolute atomic E-state index is 0. The molecule has 12 fully saturated rings. The highest BCUT2D eigenvalue weighted by Gasteiger charge is 2.68. The molecule has 8 aliphatic carbocycles. The number of hydrogen-bond donors (Lipinski definition) is 1. The SMILES string of the molecule is C.C=C1CC(=O)C2(C1)C(C)C2C.C=C1CC2(CO1)C(C)C2C.C=C1CCC2(C1)C(C)C2C.C=C1CCC2(O1)C(C)C2C.CC1C(C)C12CC(=O)NO2.CC1C(C)C12CCC(=O)O2.F.F.F.FF.FF.FF.FF.FF.FF.FF.FF.FF. The number of carbonyl (C=O) groups excluding carboxylic acids is 3. The first-order valence-electron chi connectivity index (χ1n) is 25.4. The zero-order valence-electron chi connectivity index (χ0n) is 48.1. The van der Waals surface area contributed by atoms with Crippen molar-refractivity contribution in [1.29, 1.82) is 0 Å². The van der Waals surface area contributed by atoms with E-state index in [1.807, 2.05) is 0 Å². The lowest BCUT2D eigenvalue weighted by atomic mass is 9.99. The molecule has 12 aliphatic rings. The molecular formula is C54H88F21NO7. The fraction of sp³-hybridized carbons (Fsp3) is 0.796. The van der Waals surface area contributed by atoms with Crippen LogP contribution in [0.3, 0.4) is 0 Å². The van der Waals surface area contributed by atoms with Crippen LogP contribution in [0.15, 0.2) is 49.0 Å². The van der Waals surface area contributed by atoms with Crippen molar-refractivity contribution in [2.24, 2.45) is 87.3 Å². The Bertz CT molecular complexity index is 1620. The van der Waals surface area contributed by atoms with Gasteiger partial charge in [-0.1, -0.05) is 128 Å². The molecule has 0 aromatic carbocycles. The molecule has 4 heterocycles. The molecule has 83 heavy (non-hydrogen) atoms. The van der Waals surface area contributed by atoms with E-state index in [4.69, 9.17) is 101 Å². The van der Waals surface area contributed by atoms with Crippen molar-refractivity contribution in [2.45, 2.75) is 178 Å². The topological polar surface area (TPSA) is 100 Å². The van der Waals surface area contributed by atoms with Crippen molar-refractivity contribution < 1.29 is 130 Å². The molecule has 0 radical (unpaired) electrons. The van der Waals surface area contributed by atoms with E-state index in [9.17, 15) is 14.4 Å². The maximum absolute atomic E-state index is 11.5. The Hall–Kier alpha value is -4.34. The van der Waals surface area contributed by atoms with Crippen LogP contribution in [0.1, 0.15) is 161 Å². The van der Waals surface area contributed by atoms with Gasteiger partial charge in [-0.15, -0.1) is 0 Å². The van der Waals surface area contributed by atoms with Crippen molar-refractivity contribution in [1.82, 2.24) is 5.48 Å². The van der Waals surface area contributed by atoms with E-state index in [2.05, 4.69) is 115 Å². The van der Waals surface area contributed by atoms with Gasteiger partial charge in [-0.25, -0.2) is 5.48 Å². The average Bonchev–Trinajstić information content (AvgIpc) is 4.22. The molecular weight excluding hydrogens is 1170 g/mol. The number of halogens is 21. The highest BCUT2D eigenvalue weighted by Crippen LogP contribution is 2.69. The molecule has 12 atom stereocenters. The first-order valence-corrected chi connectivity index (χ1v) is 25.4. The molecule has 498 valence electrons. The molecule has 12 unspecified atom stereocenters. The van der Waals surface area contributed by atoms with Crippen LogP contribution in [-0.2, 0) is 33.4 Å². The average molecular weight is 1260 g/mol. The van der Waals surface area contributed by atoms with Gasteiger partial charge in [0.05, 0.1) is 24.5 Å². The van der Waals surface area contributed by atoms with Gasteiger partial charge in [-0.3, -0.25) is 33.3 Å². The van der Waals surface area contributed by atoms with E-state index in [1.165, 1.54) is 31.3 Å². The van der Waals surface area contributed by atoms with Crippen molar-refractivity contribution >= 4 is 17.7 Å². The summed E-state index contributed by atoms with van der Waals surface area (Å²) in [6.07, 6.45) is 11.2. The third kappa shape index (κ3) is 19.8. The highest BCUT2D eigenvalue weighted by molar-refractivity contribution is 5.93. The van der Waals surface area contributed by atoms with Crippen LogP contribution in [0.4, 0.5) is 96.4 Å². The number of hydrogen-bond acceptors (Lipinski definition) is 7. The summed E-state index contributed by atoms with van der Waals surface area (Å²) in [6.45, 7) is 43.4. The summed E-state index contributed by atoms with van der Waals surface area (Å²) >= 11 is 0. The summed E-state index contributed by atoms with van der Waals surface area (Å²) in [5.41, 5.74) is 6.42. The van der Waals surface area contributed by atoms with E-state index < -0.39 is 0 Å². The molecule has 6 spiro atoms. The Morgan fingerprint density at radius 3 is 0.928 bits per heavy atom. The first kappa shape index (κ1) is 92.4. The van der Waals surface area contributed by atoms with Gasteiger partial charge in [0.1, 0.15) is 22.6 Å². The minimum atomic E-state index is -0.128. The molecule has 12 rings (SSSR count). The zero-order valence-corrected chi connectivity index (χ0v) is 48.1. The lowest BCUT2D eigenvalue weighted by Crippen LogP contribution is -2.14. The number of ketones is 1. The molecule has 0 bridgehead atoms. The molecule has 0 aromatic heterocycles. The van der Waals surface area contributed by atoms with Crippen molar-refractivity contribution in [3.8, 4) is 0 Å². The lowest BCUT2D eigenvalue weighted by molar-refractivity contribution is -0.143. The van der Waals surface area contributed by atoms with E-state index in [1.54, 1.807) is 0 Å². The Morgan fingerprint density at radius 1 is 0.410 bits per heavy atom. The Balaban J connectivity index is -0.000000157. The molecule has 8 nitrogen and oxygen atoms in total. The van der Waals surface area contributed by atoms with Crippen LogP contribution in [0.2, 0.25) is 0 Å². The van der Waals surface area contributed by atoms with Gasteiger partial charge in [0.25, 0.3) is 0 Å². The Kier molecular flexibility index (Phi) is 45.5. The predicted octanol–water partition coefficient (Wildman–Crippen LogP) is 20.2. The van der Waals surface area contributed by atoms with Gasteiger partial charge < -0.3 is 14.2 Å². The molecule has 1 N–H and O–H groups in total. The number of Topliss-reactive ketones (excluding diaryl/α,β-unsaturated/α-hetero) is 1. The molecule has 0 aromatic rings. The van der Waals surface area contributed by atoms with Gasteiger partial charge >= 0.3 is 5.97 Å².